The SMILES string of the molecule is COc1ccc(NC(=O)Nc2ccc3c(c2)C(=O)N([C@@H](C)CO)C[C@H](C)[C@H](CN(C)C(=O)NC2CCCCC2)OCCCC[C@@H](C)O3)cc1. The van der Waals surface area contributed by atoms with Gasteiger partial charge in [-0.25, -0.2) is 9.59 Å². The van der Waals surface area contributed by atoms with E-state index in [2.05, 4.69) is 16.0 Å². The molecule has 0 radical (unpaired) electrons. The van der Waals surface area contributed by atoms with Crippen LogP contribution in [-0.2, 0) is 4.74 Å². The van der Waals surface area contributed by atoms with Crippen LogP contribution in [0.2, 0.25) is 0 Å². The number of hydrogen-bond acceptors (Lipinski definition) is 7. The van der Waals surface area contributed by atoms with Crippen molar-refractivity contribution in [2.24, 2.45) is 5.92 Å². The lowest BCUT2D eigenvalue weighted by Crippen LogP contribution is -2.50. The van der Waals surface area contributed by atoms with Gasteiger partial charge in [0, 0.05) is 50.1 Å². The first-order chi connectivity index (χ1) is 23.6. The minimum Gasteiger partial charge on any atom is -0.497 e. The molecule has 12 nitrogen and oxygen atoms in total. The number of nitrogens with one attached hydrogen (secondary N) is 3. The highest BCUT2D eigenvalue weighted by Crippen LogP contribution is 2.29. The zero-order chi connectivity index (χ0) is 35.3. The maximum Gasteiger partial charge on any atom is 0.323 e. The number of hydrogen-bond donors (Lipinski definition) is 4. The third-order valence-electron chi connectivity index (χ3n) is 9.39. The summed E-state index contributed by atoms with van der Waals surface area (Å²) in [6.45, 7) is 6.68. The molecule has 1 aliphatic carbocycles. The van der Waals surface area contributed by atoms with E-state index in [4.69, 9.17) is 14.2 Å². The first-order valence-corrected chi connectivity index (χ1v) is 17.7. The van der Waals surface area contributed by atoms with Crippen LogP contribution in [0.3, 0.4) is 0 Å². The highest BCUT2D eigenvalue weighted by molar-refractivity contribution is 6.02. The number of ether oxygens (including phenoxy) is 3. The molecule has 1 heterocycles. The van der Waals surface area contributed by atoms with Crippen LogP contribution in [0.15, 0.2) is 42.5 Å². The van der Waals surface area contributed by atoms with E-state index in [1.807, 2.05) is 13.8 Å². The van der Waals surface area contributed by atoms with Crippen LogP contribution in [0.1, 0.15) is 82.5 Å². The molecule has 2 aliphatic rings. The van der Waals surface area contributed by atoms with Crippen molar-refractivity contribution in [1.29, 1.82) is 0 Å². The number of carbonyl (C=O) groups is 3. The number of anilines is 2. The molecule has 49 heavy (non-hydrogen) atoms. The summed E-state index contributed by atoms with van der Waals surface area (Å²) < 4.78 is 17.9. The summed E-state index contributed by atoms with van der Waals surface area (Å²) >= 11 is 0. The van der Waals surface area contributed by atoms with E-state index in [1.165, 1.54) is 6.42 Å². The van der Waals surface area contributed by atoms with Crippen LogP contribution < -0.4 is 25.4 Å². The fraction of sp³-hybridized carbons (Fsp3) is 0.595. The maximum atomic E-state index is 14.4. The molecule has 12 heteroatoms. The molecule has 0 aromatic heterocycles. The zero-order valence-electron chi connectivity index (χ0n) is 29.7. The largest absolute Gasteiger partial charge is 0.497 e. The Balaban J connectivity index is 1.55. The van der Waals surface area contributed by atoms with Gasteiger partial charge in [-0.3, -0.25) is 4.79 Å². The first-order valence-electron chi connectivity index (χ1n) is 17.7. The van der Waals surface area contributed by atoms with Crippen molar-refractivity contribution < 1.29 is 33.7 Å². The van der Waals surface area contributed by atoms with E-state index in [1.54, 1.807) is 73.3 Å². The smallest absolute Gasteiger partial charge is 0.323 e. The lowest BCUT2D eigenvalue weighted by Gasteiger charge is -2.36. The van der Waals surface area contributed by atoms with Gasteiger partial charge in [-0.2, -0.15) is 0 Å². The number of carbonyl (C=O) groups excluding carboxylic acids is 3. The molecule has 4 N–H and O–H groups in total. The Morgan fingerprint density at radius 1 is 1.00 bits per heavy atom. The number of fused-ring (bicyclic) bond motifs is 1. The third-order valence-corrected chi connectivity index (χ3v) is 9.39. The van der Waals surface area contributed by atoms with E-state index in [9.17, 15) is 19.5 Å². The lowest BCUT2D eigenvalue weighted by molar-refractivity contribution is -0.0123. The van der Waals surface area contributed by atoms with Gasteiger partial charge in [-0.05, 0) is 88.4 Å². The van der Waals surface area contributed by atoms with Gasteiger partial charge in [0.2, 0.25) is 0 Å². The summed E-state index contributed by atoms with van der Waals surface area (Å²) in [5, 5.41) is 19.0. The van der Waals surface area contributed by atoms with Gasteiger partial charge in [-0.1, -0.05) is 26.2 Å². The van der Waals surface area contributed by atoms with Crippen molar-refractivity contribution in [3.05, 3.63) is 48.0 Å². The van der Waals surface area contributed by atoms with Crippen LogP contribution in [-0.4, -0.2) is 97.6 Å². The second-order valence-corrected chi connectivity index (χ2v) is 13.5. The Hall–Kier alpha value is -4.03. The Morgan fingerprint density at radius 2 is 1.67 bits per heavy atom. The normalized spacial score (nSPS) is 21.7. The Labute approximate surface area is 290 Å². The Kier molecular flexibility index (Phi) is 14.4. The van der Waals surface area contributed by atoms with Gasteiger partial charge in [0.1, 0.15) is 11.5 Å². The van der Waals surface area contributed by atoms with Crippen LogP contribution in [0.25, 0.3) is 0 Å². The number of urea groups is 2. The molecule has 2 aromatic carbocycles. The quantitative estimate of drug-likeness (QED) is 0.264. The summed E-state index contributed by atoms with van der Waals surface area (Å²) in [5.74, 6) is 0.566. The van der Waals surface area contributed by atoms with E-state index in [0.29, 0.717) is 36.0 Å². The van der Waals surface area contributed by atoms with Crippen molar-refractivity contribution in [1.82, 2.24) is 15.1 Å². The van der Waals surface area contributed by atoms with Crippen LogP contribution >= 0.6 is 0 Å². The highest BCUT2D eigenvalue weighted by Gasteiger charge is 2.31. The molecule has 1 fully saturated rings. The number of benzene rings is 2. The maximum absolute atomic E-state index is 14.4. The van der Waals surface area contributed by atoms with Crippen LogP contribution in [0, 0.1) is 5.92 Å². The number of methoxy groups -OCH3 is 1. The van der Waals surface area contributed by atoms with E-state index < -0.39 is 12.1 Å². The van der Waals surface area contributed by atoms with Crippen molar-refractivity contribution in [2.45, 2.75) is 96.4 Å². The molecule has 0 unspecified atom stereocenters. The summed E-state index contributed by atoms with van der Waals surface area (Å²) in [6.07, 6.45) is 7.39. The molecule has 270 valence electrons. The van der Waals surface area contributed by atoms with Crippen molar-refractivity contribution in [3.63, 3.8) is 0 Å². The summed E-state index contributed by atoms with van der Waals surface area (Å²) in [5.41, 5.74) is 1.27. The molecule has 1 saturated carbocycles. The summed E-state index contributed by atoms with van der Waals surface area (Å²) in [4.78, 5) is 43.7. The van der Waals surface area contributed by atoms with Gasteiger partial charge in [0.25, 0.3) is 5.91 Å². The topological polar surface area (TPSA) is 142 Å². The lowest BCUT2D eigenvalue weighted by atomic mass is 9.96. The minimum absolute atomic E-state index is 0.116. The third kappa shape index (κ3) is 11.3. The zero-order valence-corrected chi connectivity index (χ0v) is 29.7. The number of likely N-dealkylation sites (N-methyl/N-ethyl adjacent to an activating group) is 1. The van der Waals surface area contributed by atoms with Crippen molar-refractivity contribution in [2.75, 3.05) is 51.1 Å². The summed E-state index contributed by atoms with van der Waals surface area (Å²) in [7, 11) is 3.36. The average molecular weight is 682 g/mol. The minimum atomic E-state index is -0.518. The fourth-order valence-electron chi connectivity index (χ4n) is 6.32. The van der Waals surface area contributed by atoms with Gasteiger partial charge in [0.15, 0.2) is 0 Å². The predicted molar refractivity (Wildman–Crippen MR) is 191 cm³/mol. The van der Waals surface area contributed by atoms with Gasteiger partial charge >= 0.3 is 12.1 Å². The average Bonchev–Trinajstić information content (AvgIpc) is 3.10. The molecule has 0 saturated heterocycles. The molecule has 4 atom stereocenters. The van der Waals surface area contributed by atoms with Crippen molar-refractivity contribution >= 4 is 29.3 Å². The number of rotatable bonds is 8. The Morgan fingerprint density at radius 3 is 2.37 bits per heavy atom. The Bertz CT molecular complexity index is 1370. The molecule has 4 rings (SSSR count). The van der Waals surface area contributed by atoms with Crippen LogP contribution in [0.5, 0.6) is 11.5 Å². The van der Waals surface area contributed by atoms with E-state index >= 15 is 0 Å². The highest BCUT2D eigenvalue weighted by atomic mass is 16.5. The predicted octanol–water partition coefficient (Wildman–Crippen LogP) is 6.11. The molecule has 0 spiro atoms. The molecule has 0 bridgehead atoms. The number of aliphatic hydroxyl groups is 1. The van der Waals surface area contributed by atoms with Gasteiger partial charge in [-0.15, -0.1) is 0 Å². The molecular weight excluding hydrogens is 626 g/mol. The number of nitrogens with zero attached hydrogens (tertiary/aromatic N) is 2. The van der Waals surface area contributed by atoms with E-state index in [-0.39, 0.29) is 54.8 Å². The molecular formula is C37H55N5O7. The second-order valence-electron chi connectivity index (χ2n) is 13.5. The molecule has 2 aromatic rings. The number of amides is 5. The first kappa shape index (κ1) is 37.8. The second kappa shape index (κ2) is 18.7. The summed E-state index contributed by atoms with van der Waals surface area (Å²) in [6, 6.07) is 11.1. The molecule has 1 aliphatic heterocycles. The van der Waals surface area contributed by atoms with Crippen LogP contribution in [0.4, 0.5) is 21.0 Å². The molecule has 5 amide bonds. The van der Waals surface area contributed by atoms with Gasteiger partial charge in [0.05, 0.1) is 37.5 Å². The number of aliphatic hydroxyl groups excluding tert-OH is 1. The fourth-order valence-corrected chi connectivity index (χ4v) is 6.32. The van der Waals surface area contributed by atoms with Crippen molar-refractivity contribution in [3.8, 4) is 11.5 Å². The van der Waals surface area contributed by atoms with E-state index in [0.717, 1.165) is 44.9 Å². The van der Waals surface area contributed by atoms with Gasteiger partial charge < -0.3 is 45.1 Å². The monoisotopic (exact) mass is 681 g/mol. The standard InChI is InChI=1S/C37H55N5O7/c1-25-22-42(26(2)24-43)35(44)32-21-30(39-36(45)38-29-14-17-31(47-5)18-15-29)16-19-33(32)49-27(3)11-9-10-20-48-34(25)23-41(4)37(46)40-28-12-7-6-8-13-28/h14-19,21,25-28,34,43H,6-13,20,22-24H2,1-5H3,(H,40,46)(H2,38,39,45)/t25-,26-,27+,34-/m0/s1.